The highest BCUT2D eigenvalue weighted by molar-refractivity contribution is 5.81. The fraction of sp³-hybridized carbons (Fsp3) is 0.214. The maximum atomic E-state index is 5.67. The van der Waals surface area contributed by atoms with Crippen LogP contribution in [-0.4, -0.2) is 11.0 Å². The summed E-state index contributed by atoms with van der Waals surface area (Å²) in [7, 11) is 0. The van der Waals surface area contributed by atoms with E-state index in [1.807, 2.05) is 38.1 Å². The maximum Gasteiger partial charge on any atom is 0.0705 e. The molecule has 0 aliphatic rings. The fourth-order valence-corrected chi connectivity index (χ4v) is 1.61. The first-order valence-corrected chi connectivity index (χ1v) is 5.46. The number of nitrogens with zero attached hydrogens (tertiary/aromatic N) is 1. The summed E-state index contributed by atoms with van der Waals surface area (Å²) in [4.78, 5) is 4.46. The second kappa shape index (κ2) is 4.45. The minimum atomic E-state index is 0.0897. The Morgan fingerprint density at radius 2 is 2.06 bits per heavy atom. The molecular formula is C14H16N2. The lowest BCUT2D eigenvalue weighted by Crippen LogP contribution is -2.09. The number of aryl methyl sites for hydroxylation is 1. The third-order valence-electron chi connectivity index (χ3n) is 2.44. The second-order valence-electron chi connectivity index (χ2n) is 4.12. The number of fused-ring (bicyclic) bond motifs is 1. The van der Waals surface area contributed by atoms with Gasteiger partial charge in [-0.25, -0.2) is 0 Å². The Morgan fingerprint density at radius 1 is 1.25 bits per heavy atom. The molecule has 0 saturated heterocycles. The summed E-state index contributed by atoms with van der Waals surface area (Å²) in [5.41, 5.74) is 8.92. The summed E-state index contributed by atoms with van der Waals surface area (Å²) >= 11 is 0. The van der Waals surface area contributed by atoms with Gasteiger partial charge in [0.05, 0.1) is 5.52 Å². The first kappa shape index (κ1) is 10.8. The fourth-order valence-electron chi connectivity index (χ4n) is 1.61. The van der Waals surface area contributed by atoms with Crippen molar-refractivity contribution in [3.05, 3.63) is 47.7 Å². The van der Waals surface area contributed by atoms with Gasteiger partial charge < -0.3 is 5.73 Å². The average molecular weight is 212 g/mol. The van der Waals surface area contributed by atoms with Gasteiger partial charge in [0.15, 0.2) is 0 Å². The Bertz CT molecular complexity index is 527. The molecule has 1 atom stereocenters. The van der Waals surface area contributed by atoms with Gasteiger partial charge in [-0.05, 0) is 37.6 Å². The molecule has 82 valence electrons. The van der Waals surface area contributed by atoms with E-state index in [1.165, 1.54) is 0 Å². The molecule has 0 aliphatic carbocycles. The molecule has 0 fully saturated rings. The summed E-state index contributed by atoms with van der Waals surface area (Å²) in [6, 6.07) is 10.5. The molecule has 0 spiro atoms. The molecule has 2 rings (SSSR count). The van der Waals surface area contributed by atoms with Crippen LogP contribution in [0.5, 0.6) is 0 Å². The van der Waals surface area contributed by atoms with Crippen molar-refractivity contribution < 1.29 is 0 Å². The predicted octanol–water partition coefficient (Wildman–Crippen LogP) is 2.90. The van der Waals surface area contributed by atoms with Gasteiger partial charge in [0, 0.05) is 17.1 Å². The number of benzene rings is 1. The van der Waals surface area contributed by atoms with Crippen LogP contribution in [0.15, 0.2) is 36.4 Å². The van der Waals surface area contributed by atoms with E-state index in [0.717, 1.165) is 22.2 Å². The van der Waals surface area contributed by atoms with E-state index in [9.17, 15) is 0 Å². The smallest absolute Gasteiger partial charge is 0.0705 e. The van der Waals surface area contributed by atoms with Gasteiger partial charge in [-0.1, -0.05) is 24.3 Å². The van der Waals surface area contributed by atoms with Crippen LogP contribution < -0.4 is 5.73 Å². The minimum absolute atomic E-state index is 0.0897. The van der Waals surface area contributed by atoms with Crippen LogP contribution >= 0.6 is 0 Å². The van der Waals surface area contributed by atoms with E-state index >= 15 is 0 Å². The number of aromatic nitrogens is 1. The normalized spacial score (nSPS) is 13.4. The van der Waals surface area contributed by atoms with Crippen LogP contribution in [0.1, 0.15) is 18.2 Å². The maximum absolute atomic E-state index is 5.67. The monoisotopic (exact) mass is 212 g/mol. The highest BCUT2D eigenvalue weighted by atomic mass is 14.7. The Hall–Kier alpha value is -1.67. The quantitative estimate of drug-likeness (QED) is 0.831. The molecule has 2 heteroatoms. The topological polar surface area (TPSA) is 38.9 Å². The molecule has 0 saturated carbocycles. The van der Waals surface area contributed by atoms with E-state index < -0.39 is 0 Å². The lowest BCUT2D eigenvalue weighted by molar-refractivity contribution is 0.931. The van der Waals surface area contributed by atoms with Crippen molar-refractivity contribution >= 4 is 17.0 Å². The van der Waals surface area contributed by atoms with Crippen LogP contribution in [0, 0.1) is 6.92 Å². The summed E-state index contributed by atoms with van der Waals surface area (Å²) in [6.45, 7) is 3.96. The standard InChI is InChI=1S/C14H16N2/c1-10(15)3-5-12-6-8-14-13(9-12)7-4-11(2)16-14/h3-10H,15H2,1-2H3/b5-3+. The molecule has 1 aromatic carbocycles. The molecule has 1 heterocycles. The second-order valence-corrected chi connectivity index (χ2v) is 4.12. The summed E-state index contributed by atoms with van der Waals surface area (Å²) < 4.78 is 0. The highest BCUT2D eigenvalue weighted by Crippen LogP contribution is 2.15. The molecule has 1 unspecified atom stereocenters. The first-order valence-electron chi connectivity index (χ1n) is 5.46. The van der Waals surface area contributed by atoms with E-state index in [4.69, 9.17) is 5.73 Å². The van der Waals surface area contributed by atoms with Gasteiger partial charge >= 0.3 is 0 Å². The molecule has 2 N–H and O–H groups in total. The molecule has 0 bridgehead atoms. The summed E-state index contributed by atoms with van der Waals surface area (Å²) in [6.07, 6.45) is 4.03. The first-order chi connectivity index (χ1) is 7.65. The number of rotatable bonds is 2. The largest absolute Gasteiger partial charge is 0.325 e. The highest BCUT2D eigenvalue weighted by Gasteiger charge is 1.96. The molecule has 2 nitrogen and oxygen atoms in total. The van der Waals surface area contributed by atoms with Crippen LogP contribution in [0.25, 0.3) is 17.0 Å². The van der Waals surface area contributed by atoms with Crippen LogP contribution in [0.2, 0.25) is 0 Å². The molecule has 0 aliphatic heterocycles. The van der Waals surface area contributed by atoms with Crippen LogP contribution in [0.4, 0.5) is 0 Å². The van der Waals surface area contributed by atoms with E-state index in [0.29, 0.717) is 0 Å². The van der Waals surface area contributed by atoms with Gasteiger partial charge in [-0.3, -0.25) is 4.98 Å². The zero-order valence-corrected chi connectivity index (χ0v) is 9.64. The van der Waals surface area contributed by atoms with Crippen molar-refractivity contribution in [3.63, 3.8) is 0 Å². The van der Waals surface area contributed by atoms with Crippen molar-refractivity contribution in [2.24, 2.45) is 5.73 Å². The van der Waals surface area contributed by atoms with Gasteiger partial charge in [-0.15, -0.1) is 0 Å². The van der Waals surface area contributed by atoms with Gasteiger partial charge in [-0.2, -0.15) is 0 Å². The van der Waals surface area contributed by atoms with E-state index in [1.54, 1.807) is 0 Å². The Balaban J connectivity index is 2.41. The van der Waals surface area contributed by atoms with Crippen molar-refractivity contribution in [2.75, 3.05) is 0 Å². The van der Waals surface area contributed by atoms with Crippen molar-refractivity contribution in [3.8, 4) is 0 Å². The molecular weight excluding hydrogens is 196 g/mol. The number of pyridine rings is 1. The lowest BCUT2D eigenvalue weighted by atomic mass is 10.1. The van der Waals surface area contributed by atoms with Crippen molar-refractivity contribution in [1.82, 2.24) is 4.98 Å². The lowest BCUT2D eigenvalue weighted by Gasteiger charge is -2.01. The molecule has 16 heavy (non-hydrogen) atoms. The van der Waals surface area contributed by atoms with Gasteiger partial charge in [0.2, 0.25) is 0 Å². The molecule has 0 radical (unpaired) electrons. The van der Waals surface area contributed by atoms with Crippen molar-refractivity contribution in [1.29, 1.82) is 0 Å². The predicted molar refractivity (Wildman–Crippen MR) is 69.2 cm³/mol. The van der Waals surface area contributed by atoms with E-state index in [2.05, 4.69) is 23.2 Å². The Kier molecular flexibility index (Phi) is 3.02. The van der Waals surface area contributed by atoms with Gasteiger partial charge in [0.1, 0.15) is 0 Å². The minimum Gasteiger partial charge on any atom is -0.325 e. The zero-order valence-electron chi connectivity index (χ0n) is 9.64. The summed E-state index contributed by atoms with van der Waals surface area (Å²) in [5.74, 6) is 0. The van der Waals surface area contributed by atoms with Crippen LogP contribution in [0.3, 0.4) is 0 Å². The van der Waals surface area contributed by atoms with Crippen LogP contribution in [-0.2, 0) is 0 Å². The number of hydrogen-bond acceptors (Lipinski definition) is 2. The molecule has 0 amide bonds. The number of nitrogens with two attached hydrogens (primary N) is 1. The Labute approximate surface area is 95.8 Å². The third kappa shape index (κ3) is 2.47. The third-order valence-corrected chi connectivity index (χ3v) is 2.44. The molecule has 1 aromatic heterocycles. The zero-order chi connectivity index (χ0) is 11.5. The Morgan fingerprint density at radius 3 is 2.81 bits per heavy atom. The van der Waals surface area contributed by atoms with Crippen molar-refractivity contribution in [2.45, 2.75) is 19.9 Å². The van der Waals surface area contributed by atoms with Gasteiger partial charge in [0.25, 0.3) is 0 Å². The summed E-state index contributed by atoms with van der Waals surface area (Å²) in [5, 5.41) is 1.16. The average Bonchev–Trinajstić information content (AvgIpc) is 2.26. The molecule has 2 aromatic rings. The number of hydrogen-bond donors (Lipinski definition) is 1. The van der Waals surface area contributed by atoms with E-state index in [-0.39, 0.29) is 6.04 Å². The SMILES string of the molecule is Cc1ccc2cc(/C=C/C(C)N)ccc2n1.